The van der Waals surface area contributed by atoms with Gasteiger partial charge in [-0.05, 0) is 62.1 Å². The van der Waals surface area contributed by atoms with Gasteiger partial charge >= 0.3 is 0 Å². The number of carbonyl (C=O) groups excluding carboxylic acids is 2. The molecule has 0 fully saturated rings. The number of rotatable bonds is 16. The van der Waals surface area contributed by atoms with Crippen molar-refractivity contribution in [2.75, 3.05) is 23.7 Å². The lowest BCUT2D eigenvalue weighted by molar-refractivity contribution is -0.141. The van der Waals surface area contributed by atoms with Gasteiger partial charge in [-0.15, -0.1) is 0 Å². The van der Waals surface area contributed by atoms with Crippen LogP contribution in [0.4, 0.5) is 10.1 Å². The van der Waals surface area contributed by atoms with Crippen LogP contribution in [0.5, 0.6) is 5.75 Å². The second-order valence-electron chi connectivity index (χ2n) is 10.5. The molecule has 2 unspecified atom stereocenters. The molecule has 0 spiro atoms. The summed E-state index contributed by atoms with van der Waals surface area (Å²) < 4.78 is 46.2. The first kappa shape index (κ1) is 33.6. The molecular formula is C33H42FN3O5S. The number of nitrogens with zero attached hydrogens (tertiary/aromatic N) is 2. The Bertz CT molecular complexity index is 1430. The smallest absolute Gasteiger partial charge is 0.243 e. The highest BCUT2D eigenvalue weighted by Crippen LogP contribution is 2.30. The van der Waals surface area contributed by atoms with Crippen molar-refractivity contribution >= 4 is 27.5 Å². The van der Waals surface area contributed by atoms with Crippen molar-refractivity contribution in [3.63, 3.8) is 0 Å². The van der Waals surface area contributed by atoms with Crippen LogP contribution in [0, 0.1) is 5.82 Å². The second kappa shape index (κ2) is 16.1. The number of ether oxygens (including phenoxy) is 1. The molecule has 3 aromatic rings. The lowest BCUT2D eigenvalue weighted by Gasteiger charge is -2.33. The quantitative estimate of drug-likeness (QED) is 0.236. The van der Waals surface area contributed by atoms with Crippen LogP contribution in [0.1, 0.15) is 51.2 Å². The second-order valence-corrected chi connectivity index (χ2v) is 12.4. The largest absolute Gasteiger partial charge is 0.492 e. The molecule has 3 aromatic carbocycles. The molecule has 2 amide bonds. The highest BCUT2D eigenvalue weighted by Gasteiger charge is 2.31. The lowest BCUT2D eigenvalue weighted by Crippen LogP contribution is -2.52. The first-order valence-electron chi connectivity index (χ1n) is 14.6. The van der Waals surface area contributed by atoms with Crippen LogP contribution in [0.2, 0.25) is 0 Å². The van der Waals surface area contributed by atoms with Gasteiger partial charge in [-0.25, -0.2) is 12.8 Å². The van der Waals surface area contributed by atoms with E-state index in [4.69, 9.17) is 4.74 Å². The molecule has 0 aliphatic rings. The SMILES string of the molecule is CCOc1ccccc1N(CCCC(=O)N(Cc1ccc(F)cc1)C(Cc1ccccc1)C(=O)NC(C)CC)S(C)(=O)=O. The molecule has 2 atom stereocenters. The van der Waals surface area contributed by atoms with E-state index in [0.29, 0.717) is 23.6 Å². The van der Waals surface area contributed by atoms with Gasteiger partial charge < -0.3 is 15.0 Å². The highest BCUT2D eigenvalue weighted by atomic mass is 32.2. The maximum atomic E-state index is 13.9. The van der Waals surface area contributed by atoms with Crippen molar-refractivity contribution in [3.8, 4) is 5.75 Å². The van der Waals surface area contributed by atoms with Crippen LogP contribution in [0.15, 0.2) is 78.9 Å². The van der Waals surface area contributed by atoms with Gasteiger partial charge in [0.1, 0.15) is 17.6 Å². The lowest BCUT2D eigenvalue weighted by atomic mass is 10.0. The summed E-state index contributed by atoms with van der Waals surface area (Å²) in [6.07, 6.45) is 2.32. The van der Waals surface area contributed by atoms with Gasteiger partial charge in [0.15, 0.2) is 0 Å². The zero-order chi connectivity index (χ0) is 31.4. The predicted molar refractivity (Wildman–Crippen MR) is 168 cm³/mol. The molecule has 43 heavy (non-hydrogen) atoms. The molecule has 10 heteroatoms. The van der Waals surface area contributed by atoms with E-state index in [2.05, 4.69) is 5.32 Å². The number of hydrogen-bond donors (Lipinski definition) is 1. The van der Waals surface area contributed by atoms with Crippen molar-refractivity contribution in [2.24, 2.45) is 0 Å². The third-order valence-electron chi connectivity index (χ3n) is 7.12. The molecule has 0 radical (unpaired) electrons. The summed E-state index contributed by atoms with van der Waals surface area (Å²) >= 11 is 0. The molecule has 8 nitrogen and oxygen atoms in total. The predicted octanol–water partition coefficient (Wildman–Crippen LogP) is 5.33. The van der Waals surface area contributed by atoms with Crippen LogP contribution >= 0.6 is 0 Å². The van der Waals surface area contributed by atoms with Crippen molar-refractivity contribution in [1.82, 2.24) is 10.2 Å². The molecule has 0 bridgehead atoms. The minimum absolute atomic E-state index is 0.00802. The van der Waals surface area contributed by atoms with Gasteiger partial charge in [0.05, 0.1) is 18.6 Å². The number of carbonyl (C=O) groups is 2. The van der Waals surface area contributed by atoms with E-state index in [1.54, 1.807) is 36.4 Å². The van der Waals surface area contributed by atoms with E-state index >= 15 is 0 Å². The van der Waals surface area contributed by atoms with Crippen LogP contribution in [0.3, 0.4) is 0 Å². The number of sulfonamides is 1. The molecular weight excluding hydrogens is 569 g/mol. The zero-order valence-electron chi connectivity index (χ0n) is 25.3. The molecule has 0 aromatic heterocycles. The number of anilines is 1. The van der Waals surface area contributed by atoms with Gasteiger partial charge in [0.25, 0.3) is 0 Å². The van der Waals surface area contributed by atoms with Crippen molar-refractivity contribution in [3.05, 3.63) is 95.8 Å². The van der Waals surface area contributed by atoms with E-state index in [1.807, 2.05) is 51.1 Å². The summed E-state index contributed by atoms with van der Waals surface area (Å²) in [6.45, 7) is 6.19. The van der Waals surface area contributed by atoms with E-state index in [0.717, 1.165) is 18.2 Å². The number of halogens is 1. The topological polar surface area (TPSA) is 96.0 Å². The Hall–Kier alpha value is -3.92. The Kier molecular flexibility index (Phi) is 12.5. The summed E-state index contributed by atoms with van der Waals surface area (Å²) in [5.74, 6) is -0.553. The summed E-state index contributed by atoms with van der Waals surface area (Å²) in [7, 11) is -3.69. The van der Waals surface area contributed by atoms with Gasteiger partial charge in [0.2, 0.25) is 21.8 Å². The number of hydrogen-bond acceptors (Lipinski definition) is 5. The maximum Gasteiger partial charge on any atom is 0.243 e. The van der Waals surface area contributed by atoms with Crippen LogP contribution in [0.25, 0.3) is 0 Å². The van der Waals surface area contributed by atoms with E-state index < -0.39 is 21.9 Å². The van der Waals surface area contributed by atoms with Gasteiger partial charge in [0, 0.05) is 32.0 Å². The molecule has 0 aliphatic carbocycles. The van der Waals surface area contributed by atoms with Crippen molar-refractivity contribution < 1.29 is 27.1 Å². The highest BCUT2D eigenvalue weighted by molar-refractivity contribution is 7.92. The summed E-state index contributed by atoms with van der Waals surface area (Å²) in [5, 5.41) is 3.02. The first-order chi connectivity index (χ1) is 20.5. The van der Waals surface area contributed by atoms with Gasteiger partial charge in [-0.2, -0.15) is 0 Å². The molecule has 232 valence electrons. The normalized spacial score (nSPS) is 12.7. The number of benzene rings is 3. The van der Waals surface area contributed by atoms with Gasteiger partial charge in [-0.3, -0.25) is 13.9 Å². The minimum Gasteiger partial charge on any atom is -0.492 e. The fourth-order valence-electron chi connectivity index (χ4n) is 4.70. The summed E-state index contributed by atoms with van der Waals surface area (Å²) in [5.41, 5.74) is 1.96. The van der Waals surface area contributed by atoms with Gasteiger partial charge in [-0.1, -0.05) is 61.5 Å². The molecule has 0 saturated heterocycles. The molecule has 0 aliphatic heterocycles. The zero-order valence-corrected chi connectivity index (χ0v) is 26.1. The molecule has 0 heterocycles. The summed E-state index contributed by atoms with van der Waals surface area (Å²) in [4.78, 5) is 29.1. The van der Waals surface area contributed by atoms with Crippen LogP contribution in [-0.4, -0.2) is 56.6 Å². The van der Waals surface area contributed by atoms with Crippen LogP contribution < -0.4 is 14.4 Å². The Balaban J connectivity index is 1.90. The average molecular weight is 612 g/mol. The van der Waals surface area contributed by atoms with E-state index in [9.17, 15) is 22.4 Å². The molecule has 0 saturated carbocycles. The van der Waals surface area contributed by atoms with Crippen molar-refractivity contribution in [1.29, 1.82) is 0 Å². The Labute approximate surface area is 254 Å². The average Bonchev–Trinajstić information content (AvgIpc) is 2.98. The maximum absolute atomic E-state index is 13.9. The van der Waals surface area contributed by atoms with Crippen LogP contribution in [-0.2, 0) is 32.6 Å². The van der Waals surface area contributed by atoms with Crippen molar-refractivity contribution in [2.45, 2.75) is 65.1 Å². The van der Waals surface area contributed by atoms with E-state index in [-0.39, 0.29) is 50.2 Å². The number of amides is 2. The third-order valence-corrected chi connectivity index (χ3v) is 8.30. The fraction of sp³-hybridized carbons (Fsp3) is 0.394. The first-order valence-corrected chi connectivity index (χ1v) is 16.5. The molecule has 3 rings (SSSR count). The summed E-state index contributed by atoms with van der Waals surface area (Å²) in [6, 6.07) is 21.2. The monoisotopic (exact) mass is 611 g/mol. The minimum atomic E-state index is -3.69. The third kappa shape index (κ3) is 10.1. The number of para-hydroxylation sites is 2. The standard InChI is InChI=1S/C33H42FN3O5S/c1-5-25(3)35-33(39)30(23-26-13-8-7-9-14-26)36(24-27-18-20-28(34)21-19-27)32(38)17-12-22-37(43(4,40)41)29-15-10-11-16-31(29)42-6-2/h7-11,13-16,18-21,25,30H,5-6,12,17,22-24H2,1-4H3,(H,35,39). The Morgan fingerprint density at radius 3 is 2.21 bits per heavy atom. The fourth-order valence-corrected chi connectivity index (χ4v) is 5.67. The van der Waals surface area contributed by atoms with E-state index in [1.165, 1.54) is 21.3 Å². The Morgan fingerprint density at radius 1 is 0.930 bits per heavy atom. The number of nitrogens with one attached hydrogen (secondary N) is 1. The molecule has 1 N–H and O–H groups in total. The Morgan fingerprint density at radius 2 is 1.58 bits per heavy atom.